The van der Waals surface area contributed by atoms with Crippen LogP contribution >= 0.6 is 11.8 Å². The number of rotatable bonds is 8. The van der Waals surface area contributed by atoms with Crippen LogP contribution < -0.4 is 16.0 Å². The number of thioether (sulfide) groups is 1. The van der Waals surface area contributed by atoms with Crippen LogP contribution in [-0.4, -0.2) is 55.0 Å². The van der Waals surface area contributed by atoms with Gasteiger partial charge in [0, 0.05) is 12.6 Å². The van der Waals surface area contributed by atoms with Crippen LogP contribution in [0.25, 0.3) is 0 Å². The lowest BCUT2D eigenvalue weighted by Gasteiger charge is -2.20. The van der Waals surface area contributed by atoms with E-state index < -0.39 is 36.0 Å². The van der Waals surface area contributed by atoms with Gasteiger partial charge in [-0.05, 0) is 44.4 Å². The summed E-state index contributed by atoms with van der Waals surface area (Å²) in [6, 6.07) is 5.38. The first-order chi connectivity index (χ1) is 12.8. The van der Waals surface area contributed by atoms with Gasteiger partial charge in [-0.2, -0.15) is 11.8 Å². The minimum absolute atomic E-state index is 0.349. The Morgan fingerprint density at radius 2 is 1.93 bits per heavy atom. The average Bonchev–Trinajstić information content (AvgIpc) is 2.64. The second-order valence-electron chi connectivity index (χ2n) is 5.82. The van der Waals surface area contributed by atoms with Crippen LogP contribution in [0.5, 0.6) is 0 Å². The number of hydrogen-bond acceptors (Lipinski definition) is 6. The van der Waals surface area contributed by atoms with E-state index in [0.717, 1.165) is 5.56 Å². The fraction of sp³-hybridized carbons (Fsp3) is 0.444. The van der Waals surface area contributed by atoms with E-state index in [1.54, 1.807) is 18.2 Å². The van der Waals surface area contributed by atoms with Crippen LogP contribution in [0.4, 0.5) is 4.79 Å². The summed E-state index contributed by atoms with van der Waals surface area (Å²) in [4.78, 5) is 47.8. The highest BCUT2D eigenvalue weighted by Crippen LogP contribution is 2.08. The molecule has 1 aromatic rings. The molecule has 148 valence electrons. The zero-order valence-corrected chi connectivity index (χ0v) is 16.6. The minimum atomic E-state index is -1.18. The quantitative estimate of drug-likeness (QED) is 0.571. The van der Waals surface area contributed by atoms with E-state index in [1.807, 2.05) is 24.6 Å². The highest BCUT2D eigenvalue weighted by atomic mass is 32.2. The Bertz CT molecular complexity index is 695. The van der Waals surface area contributed by atoms with Crippen molar-refractivity contribution in [3.05, 3.63) is 35.4 Å². The first-order valence-corrected chi connectivity index (χ1v) is 9.77. The van der Waals surface area contributed by atoms with Crippen molar-refractivity contribution in [1.29, 1.82) is 0 Å². The second kappa shape index (κ2) is 11.2. The molecule has 0 heterocycles. The molecule has 0 aromatic heterocycles. The molecule has 2 atom stereocenters. The number of carbonyl (C=O) groups excluding carboxylic acids is 4. The van der Waals surface area contributed by atoms with Gasteiger partial charge in [-0.1, -0.05) is 17.7 Å². The molecular formula is C18H25N3O5S. The summed E-state index contributed by atoms with van der Waals surface area (Å²) in [6.07, 6.45) is 1.05. The molecule has 4 amide bonds. The maximum atomic E-state index is 12.4. The maximum absolute atomic E-state index is 12.4. The van der Waals surface area contributed by atoms with E-state index >= 15 is 0 Å². The van der Waals surface area contributed by atoms with Gasteiger partial charge in [0.25, 0.3) is 11.8 Å². The van der Waals surface area contributed by atoms with Crippen LogP contribution in [0.2, 0.25) is 0 Å². The van der Waals surface area contributed by atoms with Crippen LogP contribution in [0.1, 0.15) is 29.3 Å². The maximum Gasteiger partial charge on any atom is 0.329 e. The third kappa shape index (κ3) is 7.69. The molecule has 0 saturated carbocycles. The summed E-state index contributed by atoms with van der Waals surface area (Å²) < 4.78 is 5.12. The molecule has 27 heavy (non-hydrogen) atoms. The van der Waals surface area contributed by atoms with Gasteiger partial charge in [-0.3, -0.25) is 14.9 Å². The number of amides is 4. The molecule has 0 saturated heterocycles. The van der Waals surface area contributed by atoms with Crippen molar-refractivity contribution < 1.29 is 23.9 Å². The molecule has 0 radical (unpaired) electrons. The lowest BCUT2D eigenvalue weighted by molar-refractivity contribution is -0.156. The summed E-state index contributed by atoms with van der Waals surface area (Å²) in [7, 11) is 1.36. The van der Waals surface area contributed by atoms with E-state index in [-0.39, 0.29) is 0 Å². The molecular weight excluding hydrogens is 370 g/mol. The van der Waals surface area contributed by atoms with Crippen LogP contribution in [0.15, 0.2) is 24.3 Å². The molecule has 0 fully saturated rings. The summed E-state index contributed by atoms with van der Waals surface area (Å²) in [5.41, 5.74) is 1.35. The second-order valence-corrected chi connectivity index (χ2v) is 6.81. The SMILES string of the molecule is CNC(=O)NC(=O)[C@@H](C)OC(=O)[C@H](CCSC)NC(=O)c1cccc(C)c1. The van der Waals surface area contributed by atoms with E-state index in [0.29, 0.717) is 17.7 Å². The molecule has 3 N–H and O–H groups in total. The van der Waals surface area contributed by atoms with Gasteiger partial charge in [0.15, 0.2) is 6.10 Å². The molecule has 0 unspecified atom stereocenters. The monoisotopic (exact) mass is 395 g/mol. The summed E-state index contributed by atoms with van der Waals surface area (Å²) in [6.45, 7) is 3.22. The van der Waals surface area contributed by atoms with Gasteiger partial charge in [-0.15, -0.1) is 0 Å². The average molecular weight is 395 g/mol. The molecule has 0 aliphatic heterocycles. The largest absolute Gasteiger partial charge is 0.451 e. The van der Waals surface area contributed by atoms with Gasteiger partial charge in [-0.25, -0.2) is 9.59 Å². The number of ether oxygens (including phenoxy) is 1. The standard InChI is InChI=1S/C18H25N3O5S/c1-11-6-5-7-13(10-11)16(23)20-14(8-9-27-4)17(24)26-12(2)15(22)21-18(25)19-3/h5-7,10,12,14H,8-9H2,1-4H3,(H,20,23)(H2,19,21,22,25)/t12-,14+/m1/s1. The van der Waals surface area contributed by atoms with Crippen molar-refractivity contribution in [3.63, 3.8) is 0 Å². The van der Waals surface area contributed by atoms with Crippen molar-refractivity contribution >= 4 is 35.6 Å². The number of nitrogens with one attached hydrogen (secondary N) is 3. The normalized spacial score (nSPS) is 12.4. The fourth-order valence-electron chi connectivity index (χ4n) is 2.10. The lowest BCUT2D eigenvalue weighted by atomic mass is 10.1. The van der Waals surface area contributed by atoms with Crippen LogP contribution in [-0.2, 0) is 14.3 Å². The Morgan fingerprint density at radius 3 is 2.52 bits per heavy atom. The first kappa shape index (κ1) is 22.5. The van der Waals surface area contributed by atoms with Crippen molar-refractivity contribution in [3.8, 4) is 0 Å². The first-order valence-electron chi connectivity index (χ1n) is 8.38. The van der Waals surface area contributed by atoms with Gasteiger partial charge >= 0.3 is 12.0 Å². The predicted octanol–water partition coefficient (Wildman–Crippen LogP) is 1.23. The fourth-order valence-corrected chi connectivity index (χ4v) is 2.57. The molecule has 0 bridgehead atoms. The molecule has 0 aliphatic rings. The topological polar surface area (TPSA) is 114 Å². The number of esters is 1. The molecule has 0 spiro atoms. The molecule has 9 heteroatoms. The number of hydrogen-bond donors (Lipinski definition) is 3. The highest BCUT2D eigenvalue weighted by Gasteiger charge is 2.27. The molecule has 8 nitrogen and oxygen atoms in total. The summed E-state index contributed by atoms with van der Waals surface area (Å²) >= 11 is 1.52. The molecule has 1 rings (SSSR count). The third-order valence-electron chi connectivity index (χ3n) is 3.61. The Balaban J connectivity index is 2.76. The minimum Gasteiger partial charge on any atom is -0.451 e. The number of aryl methyl sites for hydroxylation is 1. The Hall–Kier alpha value is -2.55. The smallest absolute Gasteiger partial charge is 0.329 e. The zero-order chi connectivity index (χ0) is 20.4. The number of carbonyl (C=O) groups is 4. The van der Waals surface area contributed by atoms with Gasteiger partial charge < -0.3 is 15.4 Å². The van der Waals surface area contributed by atoms with Crippen LogP contribution in [0, 0.1) is 6.92 Å². The van der Waals surface area contributed by atoms with Crippen LogP contribution in [0.3, 0.4) is 0 Å². The third-order valence-corrected chi connectivity index (χ3v) is 4.25. The zero-order valence-electron chi connectivity index (χ0n) is 15.8. The van der Waals surface area contributed by atoms with Crippen molar-refractivity contribution in [2.24, 2.45) is 0 Å². The van der Waals surface area contributed by atoms with Gasteiger partial charge in [0.05, 0.1) is 0 Å². The Labute approximate surface area is 162 Å². The number of urea groups is 1. The van der Waals surface area contributed by atoms with Crippen molar-refractivity contribution in [2.45, 2.75) is 32.4 Å². The number of imide groups is 1. The lowest BCUT2D eigenvalue weighted by Crippen LogP contribution is -2.47. The summed E-state index contributed by atoms with van der Waals surface area (Å²) in [5, 5.41) is 6.92. The van der Waals surface area contributed by atoms with Crippen molar-refractivity contribution in [1.82, 2.24) is 16.0 Å². The van der Waals surface area contributed by atoms with E-state index in [2.05, 4.69) is 10.6 Å². The van der Waals surface area contributed by atoms with Gasteiger partial charge in [0.2, 0.25) is 0 Å². The van der Waals surface area contributed by atoms with E-state index in [4.69, 9.17) is 4.74 Å². The number of benzene rings is 1. The summed E-state index contributed by atoms with van der Waals surface area (Å²) in [5.74, 6) is -1.27. The Morgan fingerprint density at radius 1 is 1.22 bits per heavy atom. The molecule has 0 aliphatic carbocycles. The molecule has 1 aromatic carbocycles. The highest BCUT2D eigenvalue weighted by molar-refractivity contribution is 7.98. The Kier molecular flexibility index (Phi) is 9.35. The van der Waals surface area contributed by atoms with Gasteiger partial charge in [0.1, 0.15) is 6.04 Å². The van der Waals surface area contributed by atoms with E-state index in [1.165, 1.54) is 25.7 Å². The van der Waals surface area contributed by atoms with Crippen molar-refractivity contribution in [2.75, 3.05) is 19.1 Å². The predicted molar refractivity (Wildman–Crippen MR) is 104 cm³/mol. The van der Waals surface area contributed by atoms with E-state index in [9.17, 15) is 19.2 Å².